The molecule has 1 unspecified atom stereocenters. The van der Waals surface area contributed by atoms with E-state index in [0.29, 0.717) is 10.6 Å². The second-order valence-electron chi connectivity index (χ2n) is 4.27. The first-order valence-electron chi connectivity index (χ1n) is 5.69. The summed E-state index contributed by atoms with van der Waals surface area (Å²) in [4.78, 5) is 12.6. The van der Waals surface area contributed by atoms with E-state index in [0.717, 1.165) is 17.1 Å². The van der Waals surface area contributed by atoms with Crippen LogP contribution in [0.4, 0.5) is 5.69 Å². The Hall–Kier alpha value is -1.75. The Morgan fingerprint density at radius 2 is 2.22 bits per heavy atom. The smallest absolute Gasteiger partial charge is 0.263 e. The van der Waals surface area contributed by atoms with E-state index in [4.69, 9.17) is 10.2 Å². The van der Waals surface area contributed by atoms with Gasteiger partial charge in [-0.1, -0.05) is 0 Å². The fourth-order valence-electron chi connectivity index (χ4n) is 1.92. The topological polar surface area (TPSA) is 68.3 Å². The van der Waals surface area contributed by atoms with Crippen LogP contribution in [0.25, 0.3) is 0 Å². The van der Waals surface area contributed by atoms with Crippen molar-refractivity contribution < 1.29 is 9.21 Å². The maximum Gasteiger partial charge on any atom is 0.263 e. The minimum absolute atomic E-state index is 0.101. The van der Waals surface area contributed by atoms with Crippen LogP contribution in [0.1, 0.15) is 39.7 Å². The van der Waals surface area contributed by atoms with Crippen molar-refractivity contribution >= 4 is 22.9 Å². The molecule has 0 saturated heterocycles. The quantitative estimate of drug-likeness (QED) is 0.895. The molecule has 0 bridgehead atoms. The van der Waals surface area contributed by atoms with E-state index in [9.17, 15) is 4.79 Å². The lowest BCUT2D eigenvalue weighted by molar-refractivity contribution is 0.0944. The molecule has 2 aromatic rings. The summed E-state index contributed by atoms with van der Waals surface area (Å²) in [6.07, 6.45) is 0. The number of aryl methyl sites for hydroxylation is 2. The highest BCUT2D eigenvalue weighted by Crippen LogP contribution is 2.23. The van der Waals surface area contributed by atoms with Gasteiger partial charge in [-0.2, -0.15) is 0 Å². The Labute approximate surface area is 110 Å². The number of carbonyl (C=O) groups is 1. The lowest BCUT2D eigenvalue weighted by atomic mass is 10.1. The molecule has 0 aliphatic rings. The first kappa shape index (κ1) is 12.7. The van der Waals surface area contributed by atoms with Gasteiger partial charge in [0.15, 0.2) is 0 Å². The minimum atomic E-state index is -0.145. The molecule has 3 N–H and O–H groups in total. The summed E-state index contributed by atoms with van der Waals surface area (Å²) >= 11 is 1.34. The highest BCUT2D eigenvalue weighted by molar-refractivity contribution is 7.12. The molecule has 4 nitrogen and oxygen atoms in total. The molecule has 1 atom stereocenters. The van der Waals surface area contributed by atoms with Crippen molar-refractivity contribution in [2.24, 2.45) is 0 Å². The van der Waals surface area contributed by atoms with E-state index < -0.39 is 0 Å². The summed E-state index contributed by atoms with van der Waals surface area (Å²) in [7, 11) is 0. The van der Waals surface area contributed by atoms with Crippen LogP contribution in [0.5, 0.6) is 0 Å². The molecule has 0 aliphatic heterocycles. The zero-order valence-corrected chi connectivity index (χ0v) is 11.4. The summed E-state index contributed by atoms with van der Waals surface area (Å²) in [5.74, 6) is 1.53. The fraction of sp³-hybridized carbons (Fsp3) is 0.308. The highest BCUT2D eigenvalue weighted by atomic mass is 32.1. The van der Waals surface area contributed by atoms with Gasteiger partial charge in [0, 0.05) is 5.56 Å². The van der Waals surface area contributed by atoms with E-state index >= 15 is 0 Å². The summed E-state index contributed by atoms with van der Waals surface area (Å²) in [5, 5.41) is 4.73. The number of nitrogen functional groups attached to an aromatic ring is 1. The average Bonchev–Trinajstić information content (AvgIpc) is 2.84. The molecule has 2 aromatic heterocycles. The molecular weight excluding hydrogens is 248 g/mol. The molecule has 2 heterocycles. The number of hydrogen-bond acceptors (Lipinski definition) is 4. The van der Waals surface area contributed by atoms with Crippen molar-refractivity contribution in [1.29, 1.82) is 0 Å². The van der Waals surface area contributed by atoms with Gasteiger partial charge >= 0.3 is 0 Å². The lowest BCUT2D eigenvalue weighted by Gasteiger charge is -2.12. The summed E-state index contributed by atoms with van der Waals surface area (Å²) in [6, 6.07) is 3.58. The van der Waals surface area contributed by atoms with E-state index in [1.165, 1.54) is 11.3 Å². The second-order valence-corrected chi connectivity index (χ2v) is 5.18. The summed E-state index contributed by atoms with van der Waals surface area (Å²) in [5.41, 5.74) is 7.24. The monoisotopic (exact) mass is 264 g/mol. The van der Waals surface area contributed by atoms with Crippen molar-refractivity contribution in [2.45, 2.75) is 26.8 Å². The van der Waals surface area contributed by atoms with Crippen LogP contribution < -0.4 is 11.1 Å². The number of hydrogen-bond donors (Lipinski definition) is 2. The van der Waals surface area contributed by atoms with Crippen LogP contribution in [0.2, 0.25) is 0 Å². The average molecular weight is 264 g/mol. The van der Waals surface area contributed by atoms with Crippen LogP contribution in [-0.4, -0.2) is 5.91 Å². The van der Waals surface area contributed by atoms with E-state index in [2.05, 4.69) is 5.32 Å². The summed E-state index contributed by atoms with van der Waals surface area (Å²) in [6.45, 7) is 5.71. The minimum Gasteiger partial charge on any atom is -0.466 e. The number of furan rings is 1. The van der Waals surface area contributed by atoms with Crippen molar-refractivity contribution in [3.8, 4) is 0 Å². The predicted molar refractivity (Wildman–Crippen MR) is 72.8 cm³/mol. The second kappa shape index (κ2) is 4.86. The zero-order valence-electron chi connectivity index (χ0n) is 10.6. The maximum atomic E-state index is 12.0. The number of nitrogens with two attached hydrogens (primary N) is 1. The van der Waals surface area contributed by atoms with Crippen molar-refractivity contribution in [3.63, 3.8) is 0 Å². The van der Waals surface area contributed by atoms with Crippen LogP contribution in [0.3, 0.4) is 0 Å². The van der Waals surface area contributed by atoms with Gasteiger partial charge in [-0.25, -0.2) is 0 Å². The van der Waals surface area contributed by atoms with E-state index in [1.807, 2.05) is 32.2 Å². The lowest BCUT2D eigenvalue weighted by Crippen LogP contribution is -2.26. The molecule has 5 heteroatoms. The predicted octanol–water partition coefficient (Wildman–Crippen LogP) is 3.03. The Morgan fingerprint density at radius 3 is 2.72 bits per heavy atom. The molecule has 0 aromatic carbocycles. The molecule has 1 amide bonds. The number of amides is 1. The molecule has 0 spiro atoms. The highest BCUT2D eigenvalue weighted by Gasteiger charge is 2.18. The third-order valence-corrected chi connectivity index (χ3v) is 3.72. The van der Waals surface area contributed by atoms with Crippen LogP contribution in [0, 0.1) is 13.8 Å². The summed E-state index contributed by atoms with van der Waals surface area (Å²) < 4.78 is 5.46. The molecule has 0 aliphatic carbocycles. The number of rotatable bonds is 3. The Morgan fingerprint density at radius 1 is 1.50 bits per heavy atom. The number of carbonyl (C=O) groups excluding carboxylic acids is 1. The van der Waals surface area contributed by atoms with Crippen molar-refractivity contribution in [2.75, 3.05) is 5.73 Å². The van der Waals surface area contributed by atoms with Gasteiger partial charge in [0.2, 0.25) is 0 Å². The van der Waals surface area contributed by atoms with Crippen LogP contribution in [0.15, 0.2) is 21.9 Å². The van der Waals surface area contributed by atoms with Gasteiger partial charge in [0.25, 0.3) is 5.91 Å². The van der Waals surface area contributed by atoms with Gasteiger partial charge in [-0.05, 0) is 38.3 Å². The van der Waals surface area contributed by atoms with Gasteiger partial charge < -0.3 is 15.5 Å². The van der Waals surface area contributed by atoms with Crippen molar-refractivity contribution in [1.82, 2.24) is 5.32 Å². The van der Waals surface area contributed by atoms with Crippen LogP contribution in [-0.2, 0) is 0 Å². The van der Waals surface area contributed by atoms with Crippen molar-refractivity contribution in [3.05, 3.63) is 39.5 Å². The largest absolute Gasteiger partial charge is 0.466 e. The molecule has 18 heavy (non-hydrogen) atoms. The molecule has 0 saturated carbocycles. The van der Waals surface area contributed by atoms with Gasteiger partial charge in [0.05, 0.1) is 11.7 Å². The third-order valence-electron chi connectivity index (χ3n) is 2.80. The molecule has 2 rings (SSSR count). The maximum absolute atomic E-state index is 12.0. The zero-order chi connectivity index (χ0) is 13.3. The van der Waals surface area contributed by atoms with Crippen LogP contribution >= 0.6 is 11.3 Å². The molecule has 0 fully saturated rings. The molecule has 0 radical (unpaired) electrons. The van der Waals surface area contributed by atoms with Gasteiger partial charge in [-0.15, -0.1) is 11.3 Å². The normalized spacial score (nSPS) is 12.4. The SMILES string of the molecule is Cc1cc(C(C)NC(=O)c2sccc2N)c(C)o1. The fourth-order valence-corrected chi connectivity index (χ4v) is 2.64. The number of anilines is 1. The Bertz CT molecular complexity index is 571. The van der Waals surface area contributed by atoms with E-state index in [-0.39, 0.29) is 11.9 Å². The number of nitrogens with one attached hydrogen (secondary N) is 1. The molecule has 96 valence electrons. The standard InChI is InChI=1S/C13H16N2O2S/c1-7-6-10(9(3)17-7)8(2)15-13(16)12-11(14)4-5-18-12/h4-6,8H,14H2,1-3H3,(H,15,16). The molecular formula is C13H16N2O2S. The first-order valence-corrected chi connectivity index (χ1v) is 6.57. The Balaban J connectivity index is 2.13. The number of thiophene rings is 1. The Kier molecular flexibility index (Phi) is 3.43. The van der Waals surface area contributed by atoms with Gasteiger partial charge in [-0.3, -0.25) is 4.79 Å². The first-order chi connectivity index (χ1) is 8.49. The third kappa shape index (κ3) is 2.41. The van der Waals surface area contributed by atoms with E-state index in [1.54, 1.807) is 6.07 Å². The van der Waals surface area contributed by atoms with Gasteiger partial charge in [0.1, 0.15) is 16.4 Å².